The lowest BCUT2D eigenvalue weighted by atomic mass is 10.1. The van der Waals surface area contributed by atoms with Crippen LogP contribution in [0.4, 0.5) is 10.1 Å². The molecule has 2 aromatic carbocycles. The van der Waals surface area contributed by atoms with Crippen molar-refractivity contribution in [3.05, 3.63) is 53.3 Å². The predicted octanol–water partition coefficient (Wildman–Crippen LogP) is 2.09. The first kappa shape index (κ1) is 14.6. The van der Waals surface area contributed by atoms with Crippen LogP contribution in [-0.4, -0.2) is 13.0 Å². The molecule has 0 aliphatic heterocycles. The van der Waals surface area contributed by atoms with Crippen LogP contribution in [0, 0.1) is 5.82 Å². The average Bonchev–Trinajstić information content (AvgIpc) is 2.45. The van der Waals surface area contributed by atoms with Crippen molar-refractivity contribution in [3.63, 3.8) is 0 Å². The number of anilines is 1. The Hall–Kier alpha value is -2.76. The molecule has 110 valence electrons. The fraction of sp³-hybridized carbons (Fsp3) is 0.133. The largest absolute Gasteiger partial charge is 0.497 e. The number of halogens is 1. The third-order valence-corrected chi connectivity index (χ3v) is 2.91. The van der Waals surface area contributed by atoms with Crippen LogP contribution < -0.4 is 20.9 Å². The van der Waals surface area contributed by atoms with Crippen LogP contribution in [0.3, 0.4) is 0 Å². The van der Waals surface area contributed by atoms with Gasteiger partial charge in [0.2, 0.25) is 0 Å². The second-order valence-electron chi connectivity index (χ2n) is 4.37. The van der Waals surface area contributed by atoms with Crippen LogP contribution in [0.1, 0.15) is 15.9 Å². The van der Waals surface area contributed by atoms with Crippen LogP contribution in [-0.2, 0) is 6.61 Å². The zero-order chi connectivity index (χ0) is 15.4. The molecule has 1 amide bonds. The van der Waals surface area contributed by atoms with Crippen molar-refractivity contribution in [2.75, 3.05) is 12.8 Å². The second-order valence-corrected chi connectivity index (χ2v) is 4.37. The standard InChI is InChI=1S/C15H15FN2O3/c1-20-11-4-2-9(13(16)7-11)8-21-14-6-10(17)3-5-12(14)15(18)19/h2-7H,8,17H2,1H3,(H2,18,19). The number of methoxy groups -OCH3 is 1. The normalized spacial score (nSPS) is 10.2. The summed E-state index contributed by atoms with van der Waals surface area (Å²) in [4.78, 5) is 11.3. The lowest BCUT2D eigenvalue weighted by Crippen LogP contribution is -2.13. The van der Waals surface area contributed by atoms with Crippen molar-refractivity contribution in [1.29, 1.82) is 0 Å². The van der Waals surface area contributed by atoms with Crippen molar-refractivity contribution < 1.29 is 18.7 Å². The first-order valence-corrected chi connectivity index (χ1v) is 6.16. The van der Waals surface area contributed by atoms with Gasteiger partial charge in [-0.1, -0.05) is 0 Å². The van der Waals surface area contributed by atoms with Crippen molar-refractivity contribution in [1.82, 2.24) is 0 Å². The summed E-state index contributed by atoms with van der Waals surface area (Å²) in [5.41, 5.74) is 11.8. The molecule has 2 aromatic rings. The van der Waals surface area contributed by atoms with Gasteiger partial charge in [-0.2, -0.15) is 0 Å². The van der Waals surface area contributed by atoms with Crippen LogP contribution in [0.2, 0.25) is 0 Å². The maximum atomic E-state index is 13.8. The number of benzene rings is 2. The number of carbonyl (C=O) groups is 1. The molecule has 21 heavy (non-hydrogen) atoms. The zero-order valence-electron chi connectivity index (χ0n) is 11.4. The number of hydrogen-bond acceptors (Lipinski definition) is 4. The molecule has 4 N–H and O–H groups in total. The molecule has 0 saturated heterocycles. The van der Waals surface area contributed by atoms with E-state index in [-0.39, 0.29) is 17.9 Å². The van der Waals surface area contributed by atoms with Gasteiger partial charge < -0.3 is 20.9 Å². The average molecular weight is 290 g/mol. The lowest BCUT2D eigenvalue weighted by Gasteiger charge is -2.11. The van der Waals surface area contributed by atoms with E-state index in [9.17, 15) is 9.18 Å². The van der Waals surface area contributed by atoms with Crippen LogP contribution in [0.25, 0.3) is 0 Å². The summed E-state index contributed by atoms with van der Waals surface area (Å²) in [6.07, 6.45) is 0. The maximum absolute atomic E-state index is 13.8. The van der Waals surface area contributed by atoms with E-state index in [1.165, 1.54) is 25.3 Å². The molecule has 0 heterocycles. The topological polar surface area (TPSA) is 87.6 Å². The highest BCUT2D eigenvalue weighted by molar-refractivity contribution is 5.96. The highest BCUT2D eigenvalue weighted by Gasteiger charge is 2.11. The third kappa shape index (κ3) is 3.42. The van der Waals surface area contributed by atoms with E-state index in [0.717, 1.165) is 0 Å². The van der Waals surface area contributed by atoms with Crippen molar-refractivity contribution in [2.45, 2.75) is 6.61 Å². The fourth-order valence-corrected chi connectivity index (χ4v) is 1.79. The highest BCUT2D eigenvalue weighted by atomic mass is 19.1. The minimum Gasteiger partial charge on any atom is -0.497 e. The molecule has 5 nitrogen and oxygen atoms in total. The van der Waals surface area contributed by atoms with Gasteiger partial charge >= 0.3 is 0 Å². The molecule has 0 radical (unpaired) electrons. The molecule has 0 aromatic heterocycles. The van der Waals surface area contributed by atoms with E-state index in [2.05, 4.69) is 0 Å². The number of amides is 1. The number of primary amides is 1. The molecule has 0 atom stereocenters. The minimum atomic E-state index is -0.639. The minimum absolute atomic E-state index is 0.0560. The Morgan fingerprint density at radius 2 is 2.00 bits per heavy atom. The Bertz CT molecular complexity index is 674. The molecule has 0 aliphatic carbocycles. The van der Waals surface area contributed by atoms with Gasteiger partial charge in [0, 0.05) is 23.4 Å². The number of rotatable bonds is 5. The molecule has 0 spiro atoms. The van der Waals surface area contributed by atoms with Gasteiger partial charge in [-0.25, -0.2) is 4.39 Å². The molecule has 0 unspecified atom stereocenters. The predicted molar refractivity (Wildman–Crippen MR) is 76.7 cm³/mol. The Kier molecular flexibility index (Phi) is 4.27. The molecule has 2 rings (SSSR count). The van der Waals surface area contributed by atoms with E-state index in [1.54, 1.807) is 18.2 Å². The van der Waals surface area contributed by atoms with Gasteiger partial charge in [-0.3, -0.25) is 4.79 Å². The number of carbonyl (C=O) groups excluding carboxylic acids is 1. The van der Waals surface area contributed by atoms with E-state index in [0.29, 0.717) is 17.0 Å². The van der Waals surface area contributed by atoms with Gasteiger partial charge in [0.15, 0.2) is 0 Å². The lowest BCUT2D eigenvalue weighted by molar-refractivity contribution is 0.0996. The SMILES string of the molecule is COc1ccc(COc2cc(N)ccc2C(N)=O)c(F)c1. The van der Waals surface area contributed by atoms with E-state index < -0.39 is 11.7 Å². The summed E-state index contributed by atoms with van der Waals surface area (Å²) in [5, 5.41) is 0. The molecule has 0 aliphatic rings. The number of ether oxygens (including phenoxy) is 2. The summed E-state index contributed by atoms with van der Waals surface area (Å²) in [6, 6.07) is 8.91. The zero-order valence-corrected chi connectivity index (χ0v) is 11.4. The third-order valence-electron chi connectivity index (χ3n) is 2.91. The summed E-state index contributed by atoms with van der Waals surface area (Å²) in [7, 11) is 1.46. The molecule has 0 saturated carbocycles. The van der Waals surface area contributed by atoms with Gasteiger partial charge in [-0.15, -0.1) is 0 Å². The fourth-order valence-electron chi connectivity index (χ4n) is 1.79. The maximum Gasteiger partial charge on any atom is 0.252 e. The van der Waals surface area contributed by atoms with Gasteiger partial charge in [0.1, 0.15) is 23.9 Å². The summed E-state index contributed by atoms with van der Waals surface area (Å²) >= 11 is 0. The Labute approximate surface area is 121 Å². The summed E-state index contributed by atoms with van der Waals surface area (Å²) in [6.45, 7) is -0.0560. The van der Waals surface area contributed by atoms with Gasteiger partial charge in [0.25, 0.3) is 5.91 Å². The Morgan fingerprint density at radius 1 is 1.24 bits per heavy atom. The monoisotopic (exact) mass is 290 g/mol. The molecule has 6 heteroatoms. The Morgan fingerprint density at radius 3 is 2.62 bits per heavy atom. The molecular formula is C15H15FN2O3. The van der Waals surface area contributed by atoms with E-state index in [1.807, 2.05) is 0 Å². The molecule has 0 fully saturated rings. The Balaban J connectivity index is 2.20. The first-order valence-electron chi connectivity index (χ1n) is 6.16. The molecular weight excluding hydrogens is 275 g/mol. The first-order chi connectivity index (χ1) is 10.0. The van der Waals surface area contributed by atoms with Gasteiger partial charge in [-0.05, 0) is 24.3 Å². The highest BCUT2D eigenvalue weighted by Crippen LogP contribution is 2.24. The second kappa shape index (κ2) is 6.13. The van der Waals surface area contributed by atoms with E-state index in [4.69, 9.17) is 20.9 Å². The summed E-state index contributed by atoms with van der Waals surface area (Å²) in [5.74, 6) is -0.463. The number of nitrogen functional groups attached to an aromatic ring is 1. The number of nitrogens with two attached hydrogens (primary N) is 2. The van der Waals surface area contributed by atoms with Crippen LogP contribution in [0.15, 0.2) is 36.4 Å². The number of hydrogen-bond donors (Lipinski definition) is 2. The van der Waals surface area contributed by atoms with Crippen LogP contribution in [0.5, 0.6) is 11.5 Å². The quantitative estimate of drug-likeness (QED) is 0.825. The van der Waals surface area contributed by atoms with Crippen molar-refractivity contribution in [3.8, 4) is 11.5 Å². The van der Waals surface area contributed by atoms with Crippen molar-refractivity contribution in [2.24, 2.45) is 5.73 Å². The van der Waals surface area contributed by atoms with Crippen molar-refractivity contribution >= 4 is 11.6 Å². The van der Waals surface area contributed by atoms with Crippen LogP contribution >= 0.6 is 0 Å². The molecule has 0 bridgehead atoms. The summed E-state index contributed by atoms with van der Waals surface area (Å²) < 4.78 is 24.2. The van der Waals surface area contributed by atoms with Gasteiger partial charge in [0.05, 0.1) is 12.7 Å². The van der Waals surface area contributed by atoms with E-state index >= 15 is 0 Å². The smallest absolute Gasteiger partial charge is 0.252 e.